The van der Waals surface area contributed by atoms with Crippen molar-refractivity contribution in [3.63, 3.8) is 0 Å². The van der Waals surface area contributed by atoms with Crippen LogP contribution in [0.4, 0.5) is 0 Å². The Morgan fingerprint density at radius 3 is 2.12 bits per heavy atom. The Bertz CT molecular complexity index is 787. The summed E-state index contributed by atoms with van der Waals surface area (Å²) in [7, 11) is -7.21. The van der Waals surface area contributed by atoms with Gasteiger partial charge in [0.2, 0.25) is 26.0 Å². The molecule has 0 saturated heterocycles. The zero-order chi connectivity index (χ0) is 19.3. The van der Waals surface area contributed by atoms with Gasteiger partial charge in [-0.15, -0.1) is 0 Å². The average molecular weight is 392 g/mol. The Balaban J connectivity index is 2.69. The van der Waals surface area contributed by atoms with Gasteiger partial charge in [-0.1, -0.05) is 12.1 Å². The fourth-order valence-corrected chi connectivity index (χ4v) is 3.52. The zero-order valence-corrected chi connectivity index (χ0v) is 16.2. The highest BCUT2D eigenvalue weighted by Gasteiger charge is 2.18. The first-order valence-electron chi connectivity index (χ1n) is 7.76. The van der Waals surface area contributed by atoms with Crippen LogP contribution in [0, 0.1) is 0 Å². The van der Waals surface area contributed by atoms with E-state index in [1.54, 1.807) is 12.1 Å². The standard InChI is InChI=1S/C15H25N3O5S2/c1-12(2)17-15(19)9-11-18(24(3,20)21)10-8-13-4-6-14(7-5-13)25(16,22)23/h4-7,12H,8-11H2,1-3H3,(H,17,19)(H2,16,22,23). The van der Waals surface area contributed by atoms with E-state index in [0.717, 1.165) is 11.8 Å². The number of amides is 1. The number of carbonyl (C=O) groups excluding carboxylic acids is 1. The number of nitrogens with one attached hydrogen (secondary N) is 1. The third kappa shape index (κ3) is 7.95. The second-order valence-electron chi connectivity index (χ2n) is 6.07. The third-order valence-corrected chi connectivity index (χ3v) is 5.64. The molecule has 0 aliphatic carbocycles. The van der Waals surface area contributed by atoms with Gasteiger partial charge >= 0.3 is 0 Å². The lowest BCUT2D eigenvalue weighted by molar-refractivity contribution is -0.121. The second kappa shape index (κ2) is 8.75. The number of carbonyl (C=O) groups is 1. The van der Waals surface area contributed by atoms with Crippen LogP contribution in [0.3, 0.4) is 0 Å². The van der Waals surface area contributed by atoms with Gasteiger partial charge in [-0.2, -0.15) is 0 Å². The van der Waals surface area contributed by atoms with Crippen LogP contribution in [-0.2, 0) is 31.3 Å². The van der Waals surface area contributed by atoms with Crippen LogP contribution in [0.5, 0.6) is 0 Å². The Kier molecular flexibility index (Phi) is 7.54. The number of rotatable bonds is 9. The minimum atomic E-state index is -3.75. The molecule has 10 heteroatoms. The molecule has 0 bridgehead atoms. The Labute approximate surface area is 149 Å². The van der Waals surface area contributed by atoms with Crippen molar-refractivity contribution in [1.82, 2.24) is 9.62 Å². The van der Waals surface area contributed by atoms with Gasteiger partial charge in [0.25, 0.3) is 0 Å². The fourth-order valence-electron chi connectivity index (χ4n) is 2.16. The molecular formula is C15H25N3O5S2. The minimum absolute atomic E-state index is 0.00146. The monoisotopic (exact) mass is 391 g/mol. The molecule has 0 aliphatic rings. The SMILES string of the molecule is CC(C)NC(=O)CCN(CCc1ccc(S(N)(=O)=O)cc1)S(C)(=O)=O. The number of benzene rings is 1. The van der Waals surface area contributed by atoms with Crippen molar-refractivity contribution >= 4 is 26.0 Å². The first-order valence-corrected chi connectivity index (χ1v) is 11.2. The quantitative estimate of drug-likeness (QED) is 0.615. The topological polar surface area (TPSA) is 127 Å². The molecule has 1 aromatic carbocycles. The Hall–Kier alpha value is -1.49. The van der Waals surface area contributed by atoms with Crippen LogP contribution in [-0.4, -0.2) is 52.4 Å². The maximum atomic E-state index is 11.9. The molecule has 0 heterocycles. The Morgan fingerprint density at radius 2 is 1.68 bits per heavy atom. The summed E-state index contributed by atoms with van der Waals surface area (Å²) in [6.45, 7) is 3.95. The number of hydrogen-bond donors (Lipinski definition) is 2. The highest BCUT2D eigenvalue weighted by atomic mass is 32.2. The molecule has 0 unspecified atom stereocenters. The molecule has 0 atom stereocenters. The summed E-state index contributed by atoms with van der Waals surface area (Å²) in [4.78, 5) is 11.7. The summed E-state index contributed by atoms with van der Waals surface area (Å²) >= 11 is 0. The number of sulfonamides is 2. The molecule has 3 N–H and O–H groups in total. The Morgan fingerprint density at radius 1 is 1.12 bits per heavy atom. The van der Waals surface area contributed by atoms with E-state index in [1.165, 1.54) is 16.4 Å². The van der Waals surface area contributed by atoms with Gasteiger partial charge in [0.15, 0.2) is 0 Å². The summed E-state index contributed by atoms with van der Waals surface area (Å²) in [6, 6.07) is 5.94. The number of hydrogen-bond acceptors (Lipinski definition) is 5. The molecule has 142 valence electrons. The van der Waals surface area contributed by atoms with Crippen molar-refractivity contribution in [1.29, 1.82) is 0 Å². The van der Waals surface area contributed by atoms with Gasteiger partial charge in [0.1, 0.15) is 0 Å². The molecule has 0 aliphatic heterocycles. The van der Waals surface area contributed by atoms with E-state index < -0.39 is 20.0 Å². The predicted molar refractivity (Wildman–Crippen MR) is 95.8 cm³/mol. The largest absolute Gasteiger partial charge is 0.354 e. The van der Waals surface area contributed by atoms with Gasteiger partial charge in [-0.3, -0.25) is 4.79 Å². The van der Waals surface area contributed by atoms with E-state index in [0.29, 0.717) is 6.42 Å². The van der Waals surface area contributed by atoms with Crippen LogP contribution in [0.1, 0.15) is 25.8 Å². The van der Waals surface area contributed by atoms with Crippen molar-refractivity contribution in [2.24, 2.45) is 5.14 Å². The molecule has 0 spiro atoms. The lowest BCUT2D eigenvalue weighted by atomic mass is 10.1. The average Bonchev–Trinajstić information content (AvgIpc) is 2.44. The van der Waals surface area contributed by atoms with Gasteiger partial charge in [0, 0.05) is 25.6 Å². The summed E-state index contributed by atoms with van der Waals surface area (Å²) in [6.07, 6.45) is 1.57. The third-order valence-electron chi connectivity index (χ3n) is 3.41. The van der Waals surface area contributed by atoms with Crippen LogP contribution in [0.2, 0.25) is 0 Å². The van der Waals surface area contributed by atoms with E-state index in [9.17, 15) is 21.6 Å². The summed E-state index contributed by atoms with van der Waals surface area (Å²) in [5, 5.41) is 7.75. The molecule has 0 saturated carbocycles. The van der Waals surface area contributed by atoms with E-state index in [1.807, 2.05) is 13.8 Å². The van der Waals surface area contributed by atoms with Crippen LogP contribution in [0.25, 0.3) is 0 Å². The van der Waals surface area contributed by atoms with E-state index >= 15 is 0 Å². The highest BCUT2D eigenvalue weighted by Crippen LogP contribution is 2.11. The number of nitrogens with zero attached hydrogens (tertiary/aromatic N) is 1. The maximum absolute atomic E-state index is 11.9. The molecule has 8 nitrogen and oxygen atoms in total. The van der Waals surface area contributed by atoms with Crippen molar-refractivity contribution in [2.45, 2.75) is 37.6 Å². The first kappa shape index (κ1) is 21.6. The van der Waals surface area contributed by atoms with Crippen LogP contribution in [0.15, 0.2) is 29.2 Å². The van der Waals surface area contributed by atoms with Crippen molar-refractivity contribution in [3.05, 3.63) is 29.8 Å². The van der Waals surface area contributed by atoms with Crippen molar-refractivity contribution < 1.29 is 21.6 Å². The van der Waals surface area contributed by atoms with E-state index in [4.69, 9.17) is 5.14 Å². The maximum Gasteiger partial charge on any atom is 0.238 e. The molecule has 1 rings (SSSR count). The lowest BCUT2D eigenvalue weighted by Crippen LogP contribution is -2.37. The summed E-state index contributed by atoms with van der Waals surface area (Å²) < 4.78 is 47.4. The van der Waals surface area contributed by atoms with Gasteiger partial charge in [-0.05, 0) is 38.0 Å². The van der Waals surface area contributed by atoms with Gasteiger partial charge < -0.3 is 5.32 Å². The van der Waals surface area contributed by atoms with Crippen LogP contribution >= 0.6 is 0 Å². The number of primary sulfonamides is 1. The molecular weight excluding hydrogens is 366 g/mol. The summed E-state index contributed by atoms with van der Waals surface area (Å²) in [5.41, 5.74) is 0.771. The first-order chi connectivity index (χ1) is 11.4. The van der Waals surface area contributed by atoms with Gasteiger partial charge in [0.05, 0.1) is 11.2 Å². The van der Waals surface area contributed by atoms with Crippen molar-refractivity contribution in [3.8, 4) is 0 Å². The van der Waals surface area contributed by atoms with Crippen LogP contribution < -0.4 is 10.5 Å². The molecule has 25 heavy (non-hydrogen) atoms. The molecule has 0 radical (unpaired) electrons. The number of nitrogens with two attached hydrogens (primary N) is 1. The normalized spacial score (nSPS) is 12.6. The zero-order valence-electron chi connectivity index (χ0n) is 14.6. The smallest absolute Gasteiger partial charge is 0.238 e. The van der Waals surface area contributed by atoms with E-state index in [-0.39, 0.29) is 36.4 Å². The second-order valence-corrected chi connectivity index (χ2v) is 9.62. The molecule has 0 aromatic heterocycles. The van der Waals surface area contributed by atoms with Gasteiger partial charge in [-0.25, -0.2) is 26.3 Å². The molecule has 1 amide bonds. The predicted octanol–water partition coefficient (Wildman–Crippen LogP) is 0.0528. The molecule has 0 fully saturated rings. The fraction of sp³-hybridized carbons (Fsp3) is 0.533. The molecule has 1 aromatic rings. The minimum Gasteiger partial charge on any atom is -0.354 e. The lowest BCUT2D eigenvalue weighted by Gasteiger charge is -2.20. The van der Waals surface area contributed by atoms with Crippen molar-refractivity contribution in [2.75, 3.05) is 19.3 Å². The van der Waals surface area contributed by atoms with E-state index in [2.05, 4.69) is 5.32 Å². The highest BCUT2D eigenvalue weighted by molar-refractivity contribution is 7.89. The summed E-state index contributed by atoms with van der Waals surface area (Å²) in [5.74, 6) is -0.207.